The number of azide groups is 1. The highest BCUT2D eigenvalue weighted by molar-refractivity contribution is 7.47. The second kappa shape index (κ2) is 11.4. The average Bonchev–Trinajstić information content (AvgIpc) is 3.21. The number of nitrogens with one attached hydrogen (secondary N) is 1. The average molecular weight is 537 g/mol. The molecule has 1 aromatic carbocycles. The van der Waals surface area contributed by atoms with Gasteiger partial charge in [0.15, 0.2) is 0 Å². The predicted molar refractivity (Wildman–Crippen MR) is 130 cm³/mol. The lowest BCUT2D eigenvalue weighted by molar-refractivity contribution is -0.0287. The van der Waals surface area contributed by atoms with E-state index in [1.165, 1.54) is 25.3 Å². The van der Waals surface area contributed by atoms with Crippen molar-refractivity contribution in [2.75, 3.05) is 6.61 Å². The highest BCUT2D eigenvalue weighted by Gasteiger charge is 2.38. The minimum absolute atomic E-state index is 0.0735. The summed E-state index contributed by atoms with van der Waals surface area (Å²) in [5, 5.41) is 3.63. The highest BCUT2D eigenvalue weighted by atomic mass is 31.2. The van der Waals surface area contributed by atoms with Crippen LogP contribution in [0.4, 0.5) is 0 Å². The third kappa shape index (κ3) is 7.86. The molecule has 0 spiro atoms. The van der Waals surface area contributed by atoms with Crippen molar-refractivity contribution >= 4 is 13.8 Å². The molecule has 1 aromatic heterocycles. The Morgan fingerprint density at radius 1 is 1.30 bits per heavy atom. The zero-order valence-electron chi connectivity index (χ0n) is 20.7. The van der Waals surface area contributed by atoms with Crippen LogP contribution in [0.15, 0.2) is 45.2 Å². The Labute approximate surface area is 211 Å². The number of ether oxygens (including phenoxy) is 2. The lowest BCUT2D eigenvalue weighted by Crippen LogP contribution is -2.33. The van der Waals surface area contributed by atoms with Gasteiger partial charge in [0, 0.05) is 23.1 Å². The molecule has 1 unspecified atom stereocenters. The Morgan fingerprint density at radius 3 is 2.59 bits per heavy atom. The van der Waals surface area contributed by atoms with Crippen LogP contribution in [0.2, 0.25) is 0 Å². The molecule has 0 amide bonds. The fraction of sp³-hybridized carbons (Fsp3) is 0.500. The lowest BCUT2D eigenvalue weighted by atomic mass is 10.1. The summed E-state index contributed by atoms with van der Waals surface area (Å²) in [7, 11) is -4.55. The van der Waals surface area contributed by atoms with Crippen molar-refractivity contribution in [3.63, 3.8) is 0 Å². The fourth-order valence-electron chi connectivity index (χ4n) is 3.46. The Bertz CT molecular complexity index is 1340. The van der Waals surface area contributed by atoms with Crippen LogP contribution in [0, 0.1) is 6.92 Å². The molecule has 3 rings (SSSR count). The molecule has 37 heavy (non-hydrogen) atoms. The van der Waals surface area contributed by atoms with Gasteiger partial charge in [-0.2, -0.15) is 0 Å². The molecule has 200 valence electrons. The number of phosphoric ester groups is 1. The fourth-order valence-corrected chi connectivity index (χ4v) is 4.18. The van der Waals surface area contributed by atoms with E-state index in [0.717, 1.165) is 4.57 Å². The van der Waals surface area contributed by atoms with E-state index < -0.39 is 55.6 Å². The quantitative estimate of drug-likeness (QED) is 0.159. The van der Waals surface area contributed by atoms with Crippen molar-refractivity contribution < 1.29 is 32.8 Å². The Morgan fingerprint density at radius 2 is 1.97 bits per heavy atom. The zero-order chi connectivity index (χ0) is 27.4. The van der Waals surface area contributed by atoms with Gasteiger partial charge in [0.05, 0.1) is 30.9 Å². The maximum absolute atomic E-state index is 12.4. The number of aromatic nitrogens is 2. The minimum Gasteiger partial charge on any atom is -0.456 e. The molecule has 0 saturated carbocycles. The van der Waals surface area contributed by atoms with E-state index >= 15 is 0 Å². The maximum Gasteiger partial charge on any atom is 0.472 e. The van der Waals surface area contributed by atoms with E-state index in [1.807, 2.05) is 0 Å². The van der Waals surface area contributed by atoms with Crippen LogP contribution in [-0.4, -0.2) is 44.8 Å². The van der Waals surface area contributed by atoms with E-state index in [2.05, 4.69) is 15.0 Å². The molecular weight excluding hydrogens is 509 g/mol. The smallest absolute Gasteiger partial charge is 0.456 e. The molecule has 1 aliphatic heterocycles. The molecule has 14 nitrogen and oxygen atoms in total. The Balaban J connectivity index is 1.59. The molecule has 1 saturated heterocycles. The van der Waals surface area contributed by atoms with Crippen LogP contribution < -0.4 is 11.2 Å². The number of esters is 1. The number of rotatable bonds is 9. The van der Waals surface area contributed by atoms with Gasteiger partial charge in [0.25, 0.3) is 5.56 Å². The van der Waals surface area contributed by atoms with Crippen LogP contribution in [0.1, 0.15) is 54.9 Å². The molecule has 2 aromatic rings. The molecule has 4 atom stereocenters. The second-order valence-corrected chi connectivity index (χ2v) is 10.8. The van der Waals surface area contributed by atoms with Gasteiger partial charge in [0.1, 0.15) is 11.8 Å². The first-order valence-electron chi connectivity index (χ1n) is 11.2. The molecule has 1 aliphatic rings. The first-order valence-corrected chi connectivity index (χ1v) is 12.7. The van der Waals surface area contributed by atoms with Gasteiger partial charge < -0.3 is 14.4 Å². The van der Waals surface area contributed by atoms with Gasteiger partial charge in [-0.1, -0.05) is 17.2 Å². The predicted octanol–water partition coefficient (Wildman–Crippen LogP) is 3.10. The third-order valence-electron chi connectivity index (χ3n) is 5.25. The second-order valence-electron chi connectivity index (χ2n) is 9.35. The van der Waals surface area contributed by atoms with Crippen LogP contribution >= 0.6 is 7.82 Å². The topological polar surface area (TPSA) is 195 Å². The van der Waals surface area contributed by atoms with Gasteiger partial charge in [-0.3, -0.25) is 23.4 Å². The van der Waals surface area contributed by atoms with E-state index in [4.69, 9.17) is 24.1 Å². The van der Waals surface area contributed by atoms with Crippen molar-refractivity contribution in [2.45, 2.75) is 64.7 Å². The van der Waals surface area contributed by atoms with Crippen molar-refractivity contribution in [3.8, 4) is 0 Å². The SMILES string of the molecule is Cc1cn([C@H]2C[C@H](N=[N+]=[N-])[C@@H](COP(=O)(O)OCc3ccc(C(=O)OC(C)(C)C)cc3)O2)c(=O)[nH]c1=O. The first kappa shape index (κ1) is 28.3. The first-order chi connectivity index (χ1) is 17.3. The van der Waals surface area contributed by atoms with Crippen LogP contribution in [0.25, 0.3) is 10.4 Å². The minimum atomic E-state index is -4.55. The Kier molecular flexibility index (Phi) is 8.75. The summed E-state index contributed by atoms with van der Waals surface area (Å²) in [5.74, 6) is -0.500. The molecule has 0 radical (unpaired) electrons. The van der Waals surface area contributed by atoms with Gasteiger partial charge in [-0.25, -0.2) is 14.2 Å². The number of aryl methyl sites for hydroxylation is 1. The number of phosphoric acid groups is 1. The van der Waals surface area contributed by atoms with Crippen molar-refractivity contribution in [3.05, 3.63) is 78.4 Å². The number of carbonyl (C=O) groups excluding carboxylic acids is 1. The molecule has 0 aliphatic carbocycles. The number of nitrogens with zero attached hydrogens (tertiary/aromatic N) is 4. The summed E-state index contributed by atoms with van der Waals surface area (Å²) in [5.41, 5.74) is 8.07. The third-order valence-corrected chi connectivity index (χ3v) is 6.18. The molecule has 1 fully saturated rings. The summed E-state index contributed by atoms with van der Waals surface area (Å²) in [6.07, 6.45) is -0.465. The van der Waals surface area contributed by atoms with Gasteiger partial charge in [0.2, 0.25) is 0 Å². The number of carbonyl (C=O) groups is 1. The van der Waals surface area contributed by atoms with E-state index in [0.29, 0.717) is 11.1 Å². The summed E-state index contributed by atoms with van der Waals surface area (Å²) >= 11 is 0. The normalized spacial score (nSPS) is 21.2. The van der Waals surface area contributed by atoms with Crippen molar-refractivity contribution in [1.29, 1.82) is 0 Å². The van der Waals surface area contributed by atoms with E-state index in [-0.39, 0.29) is 18.6 Å². The molecule has 2 heterocycles. The van der Waals surface area contributed by atoms with Crippen LogP contribution in [0.3, 0.4) is 0 Å². The number of hydrogen-bond acceptors (Lipinski definition) is 9. The van der Waals surface area contributed by atoms with Gasteiger partial charge >= 0.3 is 19.5 Å². The monoisotopic (exact) mass is 537 g/mol. The summed E-state index contributed by atoms with van der Waals surface area (Å²) in [6, 6.07) is 5.30. The lowest BCUT2D eigenvalue weighted by Gasteiger charge is -2.19. The summed E-state index contributed by atoms with van der Waals surface area (Å²) in [6.45, 7) is 6.01. The number of H-pyrrole nitrogens is 1. The molecule has 0 bridgehead atoms. The summed E-state index contributed by atoms with van der Waals surface area (Å²) in [4.78, 5) is 50.9. The van der Waals surface area contributed by atoms with E-state index in [9.17, 15) is 23.8 Å². The number of hydrogen-bond donors (Lipinski definition) is 2. The van der Waals surface area contributed by atoms with Crippen molar-refractivity contribution in [2.24, 2.45) is 5.11 Å². The van der Waals surface area contributed by atoms with Crippen molar-refractivity contribution in [1.82, 2.24) is 9.55 Å². The molecule has 2 N–H and O–H groups in total. The van der Waals surface area contributed by atoms with Crippen LogP contribution in [-0.2, 0) is 29.7 Å². The largest absolute Gasteiger partial charge is 0.472 e. The molecule has 15 heteroatoms. The Hall–Kier alpha value is -3.25. The standard InChI is InChI=1S/C22H28N5O9P/c1-13-10-27(21(30)24-19(13)28)18-9-16(25-26-23)17(35-18)12-34-37(31,32)33-11-14-5-7-15(8-6-14)20(29)36-22(2,3)4/h5-8,10,16-18H,9,11-12H2,1-4H3,(H,31,32)(H,24,28,30)/t16-,17+,18+/m0/s1. The van der Waals surface area contributed by atoms with Crippen LogP contribution in [0.5, 0.6) is 0 Å². The zero-order valence-corrected chi connectivity index (χ0v) is 21.6. The number of benzene rings is 1. The van der Waals surface area contributed by atoms with Gasteiger partial charge in [-0.15, -0.1) is 0 Å². The summed E-state index contributed by atoms with van der Waals surface area (Å²) < 4.78 is 34.7. The van der Waals surface area contributed by atoms with Gasteiger partial charge in [-0.05, 0) is 50.9 Å². The number of aromatic amines is 1. The van der Waals surface area contributed by atoms with E-state index in [1.54, 1.807) is 32.9 Å². The highest BCUT2D eigenvalue weighted by Crippen LogP contribution is 2.45. The maximum atomic E-state index is 12.4. The molecular formula is C22H28N5O9P.